The predicted molar refractivity (Wildman–Crippen MR) is 208 cm³/mol. The summed E-state index contributed by atoms with van der Waals surface area (Å²) in [5.74, 6) is 1.70. The molecule has 238 valence electrons. The van der Waals surface area contributed by atoms with Crippen LogP contribution in [0.3, 0.4) is 0 Å². The van der Waals surface area contributed by atoms with Gasteiger partial charge in [0.25, 0.3) is 0 Å². The average Bonchev–Trinajstić information content (AvgIpc) is 3.03. The van der Waals surface area contributed by atoms with Crippen molar-refractivity contribution in [1.29, 1.82) is 0 Å². The maximum atomic E-state index is 2.58. The zero-order chi connectivity index (χ0) is 33.7. The van der Waals surface area contributed by atoms with E-state index in [1.54, 1.807) is 0 Å². The van der Waals surface area contributed by atoms with Crippen molar-refractivity contribution in [2.24, 2.45) is 7.05 Å². The standard InChI is InChI=1S/C44H52B2N/c1-27(2)33-16-14-17-34(28(3)4)43(33)45-38-20-12-13-21-39(38)46(44-35(29(5)6)18-15-19-36(44)30(7)8)41-25-37(32(10)24-40(41)45)42-23-22-31(9)26-47(42)11/h12-30H,1-11H3/q+1. The third-order valence-electron chi connectivity index (χ3n) is 10.6. The summed E-state index contributed by atoms with van der Waals surface area (Å²) in [7, 11) is 2.19. The molecule has 4 aromatic carbocycles. The Morgan fingerprint density at radius 2 is 0.915 bits per heavy atom. The second-order valence-electron chi connectivity index (χ2n) is 15.3. The molecule has 47 heavy (non-hydrogen) atoms. The summed E-state index contributed by atoms with van der Waals surface area (Å²) >= 11 is 0. The minimum Gasteiger partial charge on any atom is -0.201 e. The van der Waals surface area contributed by atoms with Gasteiger partial charge in [-0.15, -0.1) is 0 Å². The van der Waals surface area contributed by atoms with Crippen LogP contribution in [0.1, 0.15) is 112 Å². The van der Waals surface area contributed by atoms with Gasteiger partial charge in [0.05, 0.1) is 0 Å². The SMILES string of the molecule is Cc1ccc(-c2cc3c(cc2C)B(c2c(C(C)C)cccc2C(C)C)c2ccccc2B3c2c(C(C)C)cccc2C(C)C)[n+](C)c1. The monoisotopic (exact) mass is 616 g/mol. The number of hydrogen-bond donors (Lipinski definition) is 0. The van der Waals surface area contributed by atoms with Crippen molar-refractivity contribution < 1.29 is 4.57 Å². The van der Waals surface area contributed by atoms with Crippen LogP contribution in [0.5, 0.6) is 0 Å². The van der Waals surface area contributed by atoms with Gasteiger partial charge in [0.2, 0.25) is 19.1 Å². The van der Waals surface area contributed by atoms with Gasteiger partial charge in [-0.2, -0.15) is 0 Å². The molecule has 5 aromatic rings. The molecule has 0 spiro atoms. The average molecular weight is 617 g/mol. The highest BCUT2D eigenvalue weighted by atomic mass is 14.9. The van der Waals surface area contributed by atoms with Crippen molar-refractivity contribution in [3.8, 4) is 11.3 Å². The van der Waals surface area contributed by atoms with Crippen molar-refractivity contribution >= 4 is 46.2 Å². The molecule has 0 N–H and O–H groups in total. The summed E-state index contributed by atoms with van der Waals surface area (Å²) in [6, 6.07) is 33.2. The van der Waals surface area contributed by atoms with E-state index in [0.29, 0.717) is 23.7 Å². The molecule has 0 fully saturated rings. The third-order valence-corrected chi connectivity index (χ3v) is 10.6. The van der Waals surface area contributed by atoms with Crippen LogP contribution < -0.4 is 37.3 Å². The van der Waals surface area contributed by atoms with Gasteiger partial charge in [-0.3, -0.25) is 0 Å². The van der Waals surface area contributed by atoms with Crippen LogP contribution >= 0.6 is 0 Å². The van der Waals surface area contributed by atoms with Gasteiger partial charge in [-0.1, -0.05) is 161 Å². The number of rotatable bonds is 7. The molecule has 1 aromatic heterocycles. The second-order valence-corrected chi connectivity index (χ2v) is 15.3. The molecule has 2 heterocycles. The Bertz CT molecular complexity index is 1900. The van der Waals surface area contributed by atoms with Gasteiger partial charge in [0.1, 0.15) is 7.05 Å². The second kappa shape index (κ2) is 13.0. The Morgan fingerprint density at radius 3 is 1.32 bits per heavy atom. The summed E-state index contributed by atoms with van der Waals surface area (Å²) in [5, 5.41) is 0. The smallest absolute Gasteiger partial charge is 0.201 e. The van der Waals surface area contributed by atoms with Gasteiger partial charge in [-0.05, 0) is 71.4 Å². The lowest BCUT2D eigenvalue weighted by Crippen LogP contribution is -2.76. The van der Waals surface area contributed by atoms with E-state index in [-0.39, 0.29) is 13.4 Å². The molecule has 0 unspecified atom stereocenters. The molecule has 6 rings (SSSR count). The summed E-state index contributed by atoms with van der Waals surface area (Å²) in [6.07, 6.45) is 2.25. The van der Waals surface area contributed by atoms with Crippen LogP contribution in [-0.2, 0) is 7.05 Å². The van der Waals surface area contributed by atoms with Crippen molar-refractivity contribution in [1.82, 2.24) is 0 Å². The Kier molecular flexibility index (Phi) is 9.14. The maximum Gasteiger partial charge on any atom is 0.240 e. The van der Waals surface area contributed by atoms with Crippen LogP contribution in [0, 0.1) is 13.8 Å². The van der Waals surface area contributed by atoms with E-state index in [1.807, 2.05) is 0 Å². The molecule has 0 amide bonds. The van der Waals surface area contributed by atoms with Crippen molar-refractivity contribution in [2.45, 2.75) is 92.9 Å². The Hall–Kier alpha value is -3.84. The van der Waals surface area contributed by atoms with Gasteiger partial charge in [0, 0.05) is 17.2 Å². The highest BCUT2D eigenvalue weighted by Crippen LogP contribution is 2.26. The Labute approximate surface area is 285 Å². The molecule has 0 saturated heterocycles. The first-order valence-corrected chi connectivity index (χ1v) is 17.9. The van der Waals surface area contributed by atoms with E-state index >= 15 is 0 Å². The largest absolute Gasteiger partial charge is 0.240 e. The molecular weight excluding hydrogens is 564 g/mol. The van der Waals surface area contributed by atoms with E-state index in [9.17, 15) is 0 Å². The van der Waals surface area contributed by atoms with Crippen LogP contribution in [0.25, 0.3) is 11.3 Å². The first-order chi connectivity index (χ1) is 22.4. The fourth-order valence-electron chi connectivity index (χ4n) is 8.43. The van der Waals surface area contributed by atoms with Gasteiger partial charge in [0.15, 0.2) is 6.20 Å². The van der Waals surface area contributed by atoms with E-state index in [1.165, 1.54) is 77.4 Å². The number of pyridine rings is 1. The predicted octanol–water partition coefficient (Wildman–Crippen LogP) is 6.63. The Morgan fingerprint density at radius 1 is 0.489 bits per heavy atom. The van der Waals surface area contributed by atoms with Gasteiger partial charge in [-0.25, -0.2) is 4.57 Å². The lowest BCUT2D eigenvalue weighted by atomic mass is 9.20. The summed E-state index contributed by atoms with van der Waals surface area (Å²) in [5.41, 5.74) is 19.9. The molecule has 0 atom stereocenters. The lowest BCUT2D eigenvalue weighted by molar-refractivity contribution is -0.660. The summed E-state index contributed by atoms with van der Waals surface area (Å²) < 4.78 is 2.31. The van der Waals surface area contributed by atoms with E-state index in [4.69, 9.17) is 0 Å². The molecule has 3 heteroatoms. The van der Waals surface area contributed by atoms with Crippen molar-refractivity contribution in [3.05, 3.63) is 125 Å². The normalized spacial score (nSPS) is 12.8. The molecular formula is C44H52B2N+. The van der Waals surface area contributed by atoms with Crippen LogP contribution in [-0.4, -0.2) is 13.4 Å². The number of aryl methyl sites for hydroxylation is 3. The maximum absolute atomic E-state index is 2.58. The lowest BCUT2D eigenvalue weighted by Gasteiger charge is -2.37. The topological polar surface area (TPSA) is 3.88 Å². The van der Waals surface area contributed by atoms with Crippen molar-refractivity contribution in [3.63, 3.8) is 0 Å². The fourth-order valence-corrected chi connectivity index (χ4v) is 8.43. The molecule has 1 aliphatic heterocycles. The van der Waals surface area contributed by atoms with E-state index < -0.39 is 0 Å². The van der Waals surface area contributed by atoms with Gasteiger partial charge >= 0.3 is 0 Å². The number of nitrogens with zero attached hydrogens (tertiary/aromatic N) is 1. The quantitative estimate of drug-likeness (QED) is 0.140. The zero-order valence-corrected chi connectivity index (χ0v) is 30.6. The first-order valence-electron chi connectivity index (χ1n) is 17.9. The third kappa shape index (κ3) is 5.81. The first kappa shape index (κ1) is 33.1. The molecule has 1 aliphatic rings. The molecule has 0 radical (unpaired) electrons. The zero-order valence-electron chi connectivity index (χ0n) is 30.6. The van der Waals surface area contributed by atoms with E-state index in [0.717, 1.165) is 0 Å². The highest BCUT2D eigenvalue weighted by Gasteiger charge is 2.42. The Balaban J connectivity index is 1.79. The molecule has 0 saturated carbocycles. The van der Waals surface area contributed by atoms with Crippen LogP contribution in [0.2, 0.25) is 0 Å². The fraction of sp³-hybridized carbons (Fsp3) is 0.341. The van der Waals surface area contributed by atoms with E-state index in [2.05, 4.69) is 172 Å². The van der Waals surface area contributed by atoms with Crippen LogP contribution in [0.15, 0.2) is 91.1 Å². The molecule has 0 bridgehead atoms. The number of benzene rings is 4. The summed E-state index contributed by atoms with van der Waals surface area (Å²) in [6.45, 7) is 23.7. The van der Waals surface area contributed by atoms with Crippen molar-refractivity contribution in [2.75, 3.05) is 0 Å². The highest BCUT2D eigenvalue weighted by molar-refractivity contribution is 7.11. The number of aromatic nitrogens is 1. The minimum absolute atomic E-state index is 0.150. The van der Waals surface area contributed by atoms with Gasteiger partial charge < -0.3 is 0 Å². The van der Waals surface area contributed by atoms with Crippen LogP contribution in [0.4, 0.5) is 0 Å². The number of hydrogen-bond acceptors (Lipinski definition) is 0. The minimum atomic E-state index is 0.150. The number of fused-ring (bicyclic) bond motifs is 2. The molecule has 1 nitrogen and oxygen atoms in total. The summed E-state index contributed by atoms with van der Waals surface area (Å²) in [4.78, 5) is 0. The molecule has 0 aliphatic carbocycles.